The SMILES string of the molecule is N#Cc1c(F)cccc1S(=O)(=O)Nc1cc(N)ccc1Br. The van der Waals surface area contributed by atoms with Gasteiger partial charge in [0.05, 0.1) is 5.69 Å². The normalized spacial score (nSPS) is 10.9. The van der Waals surface area contributed by atoms with Crippen LogP contribution in [-0.4, -0.2) is 8.42 Å². The molecule has 2 aromatic carbocycles. The van der Waals surface area contributed by atoms with E-state index in [9.17, 15) is 12.8 Å². The molecule has 0 atom stereocenters. The molecule has 2 aromatic rings. The first kappa shape index (κ1) is 15.3. The molecule has 0 bridgehead atoms. The fourth-order valence-corrected chi connectivity index (χ4v) is 3.37. The van der Waals surface area contributed by atoms with Crippen LogP contribution in [-0.2, 0) is 10.0 Å². The molecule has 0 spiro atoms. The molecular formula is C13H9BrFN3O2S. The Kier molecular flexibility index (Phi) is 4.16. The molecule has 0 heterocycles. The number of nitrogen functional groups attached to an aromatic ring is 1. The van der Waals surface area contributed by atoms with Crippen LogP contribution in [0.4, 0.5) is 15.8 Å². The third-order valence-corrected chi connectivity index (χ3v) is 4.71. The second-order valence-corrected chi connectivity index (χ2v) is 6.57. The lowest BCUT2D eigenvalue weighted by atomic mass is 10.2. The first-order valence-electron chi connectivity index (χ1n) is 5.61. The molecule has 0 aliphatic heterocycles. The predicted octanol–water partition coefficient (Wildman–Crippen LogP) is 2.84. The van der Waals surface area contributed by atoms with Gasteiger partial charge in [-0.2, -0.15) is 5.26 Å². The lowest BCUT2D eigenvalue weighted by Crippen LogP contribution is -2.15. The van der Waals surface area contributed by atoms with E-state index >= 15 is 0 Å². The zero-order chi connectivity index (χ0) is 15.6. The van der Waals surface area contributed by atoms with Crippen LogP contribution >= 0.6 is 15.9 Å². The zero-order valence-corrected chi connectivity index (χ0v) is 12.9. The van der Waals surface area contributed by atoms with Crippen molar-refractivity contribution in [1.82, 2.24) is 0 Å². The molecule has 0 aliphatic carbocycles. The van der Waals surface area contributed by atoms with Gasteiger partial charge in [-0.3, -0.25) is 4.72 Å². The number of nitrogens with one attached hydrogen (secondary N) is 1. The Bertz CT molecular complexity index is 847. The Balaban J connectivity index is 2.52. The average molecular weight is 370 g/mol. The molecule has 0 aliphatic rings. The average Bonchev–Trinajstić information content (AvgIpc) is 2.42. The molecule has 108 valence electrons. The number of halogens is 2. The summed E-state index contributed by atoms with van der Waals surface area (Å²) in [7, 11) is -4.12. The van der Waals surface area contributed by atoms with E-state index < -0.39 is 26.3 Å². The third-order valence-electron chi connectivity index (χ3n) is 2.61. The van der Waals surface area contributed by atoms with Gasteiger partial charge in [0.2, 0.25) is 0 Å². The third kappa shape index (κ3) is 3.15. The number of rotatable bonds is 3. The monoisotopic (exact) mass is 369 g/mol. The summed E-state index contributed by atoms with van der Waals surface area (Å²) < 4.78 is 40.9. The highest BCUT2D eigenvalue weighted by molar-refractivity contribution is 9.10. The molecule has 0 amide bonds. The molecule has 0 aromatic heterocycles. The van der Waals surface area contributed by atoms with Gasteiger partial charge in [-0.1, -0.05) is 6.07 Å². The Morgan fingerprint density at radius 3 is 2.67 bits per heavy atom. The fourth-order valence-electron chi connectivity index (χ4n) is 1.66. The van der Waals surface area contributed by atoms with Crippen molar-refractivity contribution in [2.24, 2.45) is 0 Å². The minimum atomic E-state index is -4.12. The molecule has 2 rings (SSSR count). The maximum absolute atomic E-state index is 13.5. The Morgan fingerprint density at radius 2 is 2.00 bits per heavy atom. The van der Waals surface area contributed by atoms with E-state index in [1.165, 1.54) is 12.1 Å². The molecular weight excluding hydrogens is 361 g/mol. The summed E-state index contributed by atoms with van der Waals surface area (Å²) >= 11 is 3.18. The summed E-state index contributed by atoms with van der Waals surface area (Å²) in [5.41, 5.74) is 5.61. The van der Waals surface area contributed by atoms with Crippen LogP contribution < -0.4 is 10.5 Å². The molecule has 5 nitrogen and oxygen atoms in total. The number of hydrogen-bond donors (Lipinski definition) is 2. The van der Waals surface area contributed by atoms with E-state index in [1.54, 1.807) is 18.2 Å². The topological polar surface area (TPSA) is 96.0 Å². The van der Waals surface area contributed by atoms with Crippen molar-refractivity contribution in [3.8, 4) is 6.07 Å². The Morgan fingerprint density at radius 1 is 1.29 bits per heavy atom. The summed E-state index contributed by atoms with van der Waals surface area (Å²) in [5, 5.41) is 8.92. The molecule has 0 unspecified atom stereocenters. The molecule has 3 N–H and O–H groups in total. The van der Waals surface area contributed by atoms with Crippen LogP contribution in [0.25, 0.3) is 0 Å². The van der Waals surface area contributed by atoms with Gasteiger partial charge in [0.1, 0.15) is 22.3 Å². The van der Waals surface area contributed by atoms with Gasteiger partial charge in [-0.05, 0) is 46.3 Å². The number of hydrogen-bond acceptors (Lipinski definition) is 4. The van der Waals surface area contributed by atoms with Gasteiger partial charge in [0, 0.05) is 10.2 Å². The van der Waals surface area contributed by atoms with E-state index in [1.807, 2.05) is 0 Å². The molecule has 8 heteroatoms. The van der Waals surface area contributed by atoms with Gasteiger partial charge in [-0.25, -0.2) is 12.8 Å². The lowest BCUT2D eigenvalue weighted by molar-refractivity contribution is 0.593. The summed E-state index contributed by atoms with van der Waals surface area (Å²) in [6, 6.07) is 9.52. The highest BCUT2D eigenvalue weighted by Crippen LogP contribution is 2.28. The van der Waals surface area contributed by atoms with Gasteiger partial charge in [0.25, 0.3) is 10.0 Å². The van der Waals surface area contributed by atoms with E-state index in [-0.39, 0.29) is 5.69 Å². The first-order valence-corrected chi connectivity index (χ1v) is 7.89. The number of sulfonamides is 1. The second-order valence-electron chi connectivity index (χ2n) is 4.07. The van der Waals surface area contributed by atoms with Crippen LogP contribution in [0.3, 0.4) is 0 Å². The minimum absolute atomic E-state index is 0.197. The van der Waals surface area contributed by atoms with Gasteiger partial charge >= 0.3 is 0 Å². The number of benzene rings is 2. The van der Waals surface area contributed by atoms with Crippen molar-refractivity contribution in [3.05, 3.63) is 52.3 Å². The highest BCUT2D eigenvalue weighted by atomic mass is 79.9. The summed E-state index contributed by atoms with van der Waals surface area (Å²) in [6.45, 7) is 0. The van der Waals surface area contributed by atoms with Crippen molar-refractivity contribution in [2.75, 3.05) is 10.5 Å². The van der Waals surface area contributed by atoms with E-state index in [2.05, 4.69) is 20.7 Å². The van der Waals surface area contributed by atoms with Gasteiger partial charge < -0.3 is 5.73 Å². The van der Waals surface area contributed by atoms with Crippen molar-refractivity contribution in [1.29, 1.82) is 5.26 Å². The van der Waals surface area contributed by atoms with Crippen molar-refractivity contribution in [3.63, 3.8) is 0 Å². The molecule has 0 radical (unpaired) electrons. The molecule has 0 saturated carbocycles. The van der Waals surface area contributed by atoms with E-state index in [0.717, 1.165) is 12.1 Å². The molecule has 0 saturated heterocycles. The Hall–Kier alpha value is -2.11. The molecule has 21 heavy (non-hydrogen) atoms. The number of nitriles is 1. The number of nitrogens with two attached hydrogens (primary N) is 1. The van der Waals surface area contributed by atoms with Crippen LogP contribution in [0, 0.1) is 17.1 Å². The minimum Gasteiger partial charge on any atom is -0.399 e. The van der Waals surface area contributed by atoms with Gasteiger partial charge in [-0.15, -0.1) is 0 Å². The van der Waals surface area contributed by atoms with E-state index in [4.69, 9.17) is 11.0 Å². The van der Waals surface area contributed by atoms with Crippen molar-refractivity contribution >= 4 is 37.3 Å². The summed E-state index contributed by atoms with van der Waals surface area (Å²) in [6.07, 6.45) is 0. The molecule has 0 fully saturated rings. The van der Waals surface area contributed by atoms with Gasteiger partial charge in [0.15, 0.2) is 0 Å². The predicted molar refractivity (Wildman–Crippen MR) is 80.5 cm³/mol. The second kappa shape index (κ2) is 5.71. The lowest BCUT2D eigenvalue weighted by Gasteiger charge is -2.11. The first-order chi connectivity index (χ1) is 9.85. The maximum atomic E-state index is 13.5. The Labute approximate surface area is 129 Å². The quantitative estimate of drug-likeness (QED) is 0.812. The highest BCUT2D eigenvalue weighted by Gasteiger charge is 2.22. The fraction of sp³-hybridized carbons (Fsp3) is 0. The summed E-state index contributed by atoms with van der Waals surface area (Å²) in [5.74, 6) is -0.896. The van der Waals surface area contributed by atoms with Crippen LogP contribution in [0.5, 0.6) is 0 Å². The van der Waals surface area contributed by atoms with Crippen molar-refractivity contribution < 1.29 is 12.8 Å². The van der Waals surface area contributed by atoms with Crippen LogP contribution in [0.1, 0.15) is 5.56 Å². The smallest absolute Gasteiger partial charge is 0.263 e. The standard InChI is InChI=1S/C13H9BrFN3O2S/c14-10-5-4-8(17)6-12(10)18-21(19,20)13-3-1-2-11(15)9(13)7-16/h1-6,18H,17H2. The van der Waals surface area contributed by atoms with Crippen LogP contribution in [0.15, 0.2) is 45.8 Å². The number of nitrogens with zero attached hydrogens (tertiary/aromatic N) is 1. The number of anilines is 2. The van der Waals surface area contributed by atoms with Crippen LogP contribution in [0.2, 0.25) is 0 Å². The largest absolute Gasteiger partial charge is 0.399 e. The maximum Gasteiger partial charge on any atom is 0.263 e. The van der Waals surface area contributed by atoms with Crippen molar-refractivity contribution in [2.45, 2.75) is 4.90 Å². The van der Waals surface area contributed by atoms with E-state index in [0.29, 0.717) is 10.2 Å². The zero-order valence-electron chi connectivity index (χ0n) is 10.5. The summed E-state index contributed by atoms with van der Waals surface area (Å²) in [4.78, 5) is -0.431.